The van der Waals surface area contributed by atoms with Gasteiger partial charge < -0.3 is 5.32 Å². The summed E-state index contributed by atoms with van der Waals surface area (Å²) in [4.78, 5) is 0. The van der Waals surface area contributed by atoms with E-state index in [1.807, 2.05) is 6.92 Å². The molecule has 1 heterocycles. The molecular formula is C11H19N. The van der Waals surface area contributed by atoms with E-state index in [1.54, 1.807) is 0 Å². The Labute approximate surface area is 75.9 Å². The first-order valence-electron chi connectivity index (χ1n) is 5.06. The second-order valence-electron chi connectivity index (χ2n) is 3.47. The summed E-state index contributed by atoms with van der Waals surface area (Å²) in [6.45, 7) is 3.13. The van der Waals surface area contributed by atoms with Crippen LogP contribution in [0.2, 0.25) is 0 Å². The van der Waals surface area contributed by atoms with Crippen LogP contribution >= 0.6 is 0 Å². The zero-order valence-corrected chi connectivity index (χ0v) is 8.03. The quantitative estimate of drug-likeness (QED) is 0.619. The van der Waals surface area contributed by atoms with Gasteiger partial charge in [0.15, 0.2) is 0 Å². The molecule has 1 atom stereocenters. The highest BCUT2D eigenvalue weighted by Crippen LogP contribution is 2.11. The van der Waals surface area contributed by atoms with Gasteiger partial charge in [-0.25, -0.2) is 0 Å². The Bertz CT molecular complexity index is 156. The molecule has 0 amide bonds. The van der Waals surface area contributed by atoms with Crippen molar-refractivity contribution in [2.45, 2.75) is 51.5 Å². The molecule has 0 aromatic heterocycles. The minimum Gasteiger partial charge on any atom is -0.314 e. The van der Waals surface area contributed by atoms with Crippen LogP contribution < -0.4 is 5.32 Å². The van der Waals surface area contributed by atoms with Gasteiger partial charge in [-0.15, -0.1) is 11.8 Å². The third-order valence-electron chi connectivity index (χ3n) is 2.46. The van der Waals surface area contributed by atoms with E-state index in [1.165, 1.54) is 38.6 Å². The molecule has 12 heavy (non-hydrogen) atoms. The maximum atomic E-state index is 3.57. The van der Waals surface area contributed by atoms with Gasteiger partial charge in [-0.05, 0) is 32.7 Å². The summed E-state index contributed by atoms with van der Waals surface area (Å²) in [5, 5.41) is 3.57. The molecule has 1 aliphatic rings. The smallest absolute Gasteiger partial charge is 0.0103 e. The number of nitrogens with one attached hydrogen (secondary N) is 1. The van der Waals surface area contributed by atoms with E-state index < -0.39 is 0 Å². The second kappa shape index (κ2) is 6.08. The van der Waals surface area contributed by atoms with Crippen LogP contribution in [0.3, 0.4) is 0 Å². The zero-order chi connectivity index (χ0) is 8.65. The zero-order valence-electron chi connectivity index (χ0n) is 8.03. The first kappa shape index (κ1) is 9.61. The molecule has 1 nitrogen and oxygen atoms in total. The van der Waals surface area contributed by atoms with Gasteiger partial charge in [0.1, 0.15) is 0 Å². The van der Waals surface area contributed by atoms with Crippen molar-refractivity contribution in [1.29, 1.82) is 0 Å². The predicted octanol–water partition coefficient (Wildman–Crippen LogP) is 2.32. The van der Waals surface area contributed by atoms with Crippen LogP contribution in [0.4, 0.5) is 0 Å². The molecule has 68 valence electrons. The summed E-state index contributed by atoms with van der Waals surface area (Å²) in [5.41, 5.74) is 0. The number of rotatable bonds is 2. The monoisotopic (exact) mass is 165 g/mol. The lowest BCUT2D eigenvalue weighted by Gasteiger charge is -2.13. The Morgan fingerprint density at radius 1 is 1.33 bits per heavy atom. The van der Waals surface area contributed by atoms with E-state index in [0.29, 0.717) is 0 Å². The summed E-state index contributed by atoms with van der Waals surface area (Å²) in [7, 11) is 0. The van der Waals surface area contributed by atoms with Crippen LogP contribution in [0.5, 0.6) is 0 Å². The molecule has 1 heteroatoms. The van der Waals surface area contributed by atoms with E-state index in [-0.39, 0.29) is 0 Å². The van der Waals surface area contributed by atoms with Gasteiger partial charge in [0.2, 0.25) is 0 Å². The fraction of sp³-hybridized carbons (Fsp3) is 0.818. The fourth-order valence-electron chi connectivity index (χ4n) is 1.72. The molecule has 0 aromatic rings. The number of hydrogen-bond acceptors (Lipinski definition) is 1. The van der Waals surface area contributed by atoms with Crippen LogP contribution in [0.25, 0.3) is 0 Å². The average molecular weight is 165 g/mol. The molecule has 0 aliphatic carbocycles. The van der Waals surface area contributed by atoms with Gasteiger partial charge in [-0.1, -0.05) is 12.8 Å². The molecule has 1 N–H and O–H groups in total. The standard InChI is InChI=1S/C11H19N/c1-2-3-5-8-11-9-6-4-7-10-12-11/h11-12H,4-10H2,1H3. The molecule has 0 aromatic carbocycles. The molecule has 1 saturated heterocycles. The van der Waals surface area contributed by atoms with Gasteiger partial charge in [-0.2, -0.15) is 0 Å². The van der Waals surface area contributed by atoms with Crippen LogP contribution in [0.15, 0.2) is 0 Å². The molecule has 1 rings (SSSR count). The van der Waals surface area contributed by atoms with Crippen molar-refractivity contribution in [3.8, 4) is 11.8 Å². The van der Waals surface area contributed by atoms with E-state index in [0.717, 1.165) is 12.5 Å². The Kier molecular flexibility index (Phi) is 4.87. The van der Waals surface area contributed by atoms with Gasteiger partial charge in [0.25, 0.3) is 0 Å². The Morgan fingerprint density at radius 2 is 2.25 bits per heavy atom. The molecule has 1 unspecified atom stereocenters. The Morgan fingerprint density at radius 3 is 3.08 bits per heavy atom. The Hall–Kier alpha value is -0.480. The molecule has 0 bridgehead atoms. The van der Waals surface area contributed by atoms with Crippen molar-refractivity contribution >= 4 is 0 Å². The van der Waals surface area contributed by atoms with E-state index in [4.69, 9.17) is 0 Å². The summed E-state index contributed by atoms with van der Waals surface area (Å²) in [5.74, 6) is 6.07. The van der Waals surface area contributed by atoms with E-state index >= 15 is 0 Å². The second-order valence-corrected chi connectivity index (χ2v) is 3.47. The van der Waals surface area contributed by atoms with E-state index in [9.17, 15) is 0 Å². The van der Waals surface area contributed by atoms with Crippen LogP contribution in [-0.2, 0) is 0 Å². The lowest BCUT2D eigenvalue weighted by atomic mass is 10.1. The normalized spacial score (nSPS) is 23.9. The summed E-state index contributed by atoms with van der Waals surface area (Å²) in [6, 6.07) is 0.744. The lowest BCUT2D eigenvalue weighted by molar-refractivity contribution is 0.484. The topological polar surface area (TPSA) is 12.0 Å². The van der Waals surface area contributed by atoms with Crippen molar-refractivity contribution in [3.63, 3.8) is 0 Å². The predicted molar refractivity (Wildman–Crippen MR) is 52.9 cm³/mol. The third-order valence-corrected chi connectivity index (χ3v) is 2.46. The molecule has 0 spiro atoms. The molecule has 0 radical (unpaired) electrons. The highest BCUT2D eigenvalue weighted by Gasteiger charge is 2.09. The van der Waals surface area contributed by atoms with Crippen molar-refractivity contribution in [3.05, 3.63) is 0 Å². The van der Waals surface area contributed by atoms with Crippen molar-refractivity contribution in [1.82, 2.24) is 5.32 Å². The molecule has 1 fully saturated rings. The van der Waals surface area contributed by atoms with Crippen LogP contribution in [0.1, 0.15) is 45.4 Å². The maximum absolute atomic E-state index is 3.57. The Balaban J connectivity index is 2.14. The van der Waals surface area contributed by atoms with Crippen molar-refractivity contribution in [2.24, 2.45) is 0 Å². The van der Waals surface area contributed by atoms with Crippen molar-refractivity contribution in [2.75, 3.05) is 6.54 Å². The van der Waals surface area contributed by atoms with Crippen molar-refractivity contribution < 1.29 is 0 Å². The first-order chi connectivity index (χ1) is 5.93. The number of hydrogen-bond donors (Lipinski definition) is 1. The molecule has 1 aliphatic heterocycles. The van der Waals surface area contributed by atoms with Gasteiger partial charge >= 0.3 is 0 Å². The van der Waals surface area contributed by atoms with Gasteiger partial charge in [0.05, 0.1) is 0 Å². The van der Waals surface area contributed by atoms with E-state index in [2.05, 4.69) is 17.2 Å². The largest absolute Gasteiger partial charge is 0.314 e. The minimum atomic E-state index is 0.744. The average Bonchev–Trinajstić information content (AvgIpc) is 2.33. The fourth-order valence-corrected chi connectivity index (χ4v) is 1.72. The minimum absolute atomic E-state index is 0.744. The van der Waals surface area contributed by atoms with Gasteiger partial charge in [-0.3, -0.25) is 0 Å². The highest BCUT2D eigenvalue weighted by atomic mass is 14.9. The SMILES string of the molecule is CC#CCCC1CCCCCN1. The van der Waals surface area contributed by atoms with Crippen LogP contribution in [0, 0.1) is 11.8 Å². The summed E-state index contributed by atoms with van der Waals surface area (Å²) in [6.07, 6.45) is 7.82. The molecule has 0 saturated carbocycles. The first-order valence-corrected chi connectivity index (χ1v) is 5.06. The highest BCUT2D eigenvalue weighted by molar-refractivity contribution is 4.95. The maximum Gasteiger partial charge on any atom is 0.0103 e. The lowest BCUT2D eigenvalue weighted by Crippen LogP contribution is -2.27. The summed E-state index contributed by atoms with van der Waals surface area (Å²) < 4.78 is 0. The summed E-state index contributed by atoms with van der Waals surface area (Å²) >= 11 is 0. The molecular weight excluding hydrogens is 146 g/mol. The van der Waals surface area contributed by atoms with Crippen LogP contribution in [-0.4, -0.2) is 12.6 Å². The van der Waals surface area contributed by atoms with Gasteiger partial charge in [0, 0.05) is 12.5 Å². The third kappa shape index (κ3) is 3.78.